The van der Waals surface area contributed by atoms with Gasteiger partial charge in [-0.25, -0.2) is 5.43 Å². The normalized spacial score (nSPS) is 18.2. The van der Waals surface area contributed by atoms with Gasteiger partial charge in [0.15, 0.2) is 8.24 Å². The van der Waals surface area contributed by atoms with Crippen molar-refractivity contribution in [3.8, 4) is 0 Å². The zero-order chi connectivity index (χ0) is 19.6. The van der Waals surface area contributed by atoms with Gasteiger partial charge in [0.1, 0.15) is 8.96 Å². The van der Waals surface area contributed by atoms with Gasteiger partial charge in [0.25, 0.3) is 0 Å². The quantitative estimate of drug-likeness (QED) is 0.193. The van der Waals surface area contributed by atoms with Crippen molar-refractivity contribution in [2.24, 2.45) is 11.5 Å². The van der Waals surface area contributed by atoms with Crippen LogP contribution in [0, 0.1) is 0 Å². The topological polar surface area (TPSA) is 100 Å². The first-order valence-electron chi connectivity index (χ1n) is 8.68. The molecule has 0 spiro atoms. The number of hydrogen-bond donors (Lipinski definition) is 6. The second-order valence-electron chi connectivity index (χ2n) is 9.44. The minimum absolute atomic E-state index is 0.0695. The first-order valence-corrected chi connectivity index (χ1v) is 13.6. The fourth-order valence-electron chi connectivity index (χ4n) is 2.32. The number of hydrazine groups is 1. The maximum atomic E-state index is 6.39. The Kier molecular flexibility index (Phi) is 7.65. The van der Waals surface area contributed by atoms with Crippen LogP contribution in [0.25, 0.3) is 0 Å². The van der Waals surface area contributed by atoms with Crippen molar-refractivity contribution in [3.05, 3.63) is 12.3 Å². The zero-order valence-electron chi connectivity index (χ0n) is 17.5. The van der Waals surface area contributed by atoms with Crippen LogP contribution < -0.4 is 32.3 Å². The van der Waals surface area contributed by atoms with Crippen LogP contribution in [-0.2, 0) is 0 Å². The lowest BCUT2D eigenvalue weighted by Crippen LogP contribution is -2.77. The second kappa shape index (κ2) is 7.67. The maximum absolute atomic E-state index is 6.39. The van der Waals surface area contributed by atoms with E-state index >= 15 is 0 Å². The molecule has 2 unspecified atom stereocenters. The summed E-state index contributed by atoms with van der Waals surface area (Å²) in [4.78, 5) is 7.26. The van der Waals surface area contributed by atoms with Gasteiger partial charge in [-0.15, -0.1) is 6.58 Å². The smallest absolute Gasteiger partial charge is 0.167 e. The van der Waals surface area contributed by atoms with Gasteiger partial charge >= 0.3 is 0 Å². The van der Waals surface area contributed by atoms with E-state index in [0.717, 1.165) is 0 Å². The van der Waals surface area contributed by atoms with Crippen molar-refractivity contribution in [2.75, 3.05) is 0 Å². The molecule has 0 fully saturated rings. The van der Waals surface area contributed by atoms with Crippen LogP contribution in [0.4, 0.5) is 0 Å². The third kappa shape index (κ3) is 7.44. The summed E-state index contributed by atoms with van der Waals surface area (Å²) in [5, 5.41) is -0.379. The minimum Gasteiger partial charge on any atom is -0.326 e. The molecule has 0 heterocycles. The molecular formula is C16H42N6Si2. The molecule has 0 bridgehead atoms. The highest BCUT2D eigenvalue weighted by Crippen LogP contribution is 2.18. The van der Waals surface area contributed by atoms with Crippen LogP contribution in [0.1, 0.15) is 55.4 Å². The molecule has 6 nitrogen and oxygen atoms in total. The fourth-order valence-corrected chi connectivity index (χ4v) is 6.40. The Balaban J connectivity index is 4.97. The van der Waals surface area contributed by atoms with Gasteiger partial charge in [0.05, 0.1) is 11.3 Å². The Labute approximate surface area is 152 Å². The Morgan fingerprint density at radius 2 is 1.42 bits per heavy atom. The molecule has 0 rings (SSSR count). The van der Waals surface area contributed by atoms with Crippen LogP contribution in [0.2, 0.25) is 13.1 Å². The van der Waals surface area contributed by atoms with E-state index in [-0.39, 0.29) is 21.7 Å². The number of nitrogens with two attached hydrogens (primary N) is 2. The van der Waals surface area contributed by atoms with Crippen LogP contribution in [0.15, 0.2) is 12.3 Å². The number of rotatable bonds is 10. The Morgan fingerprint density at radius 3 is 1.75 bits per heavy atom. The lowest BCUT2D eigenvalue weighted by atomic mass is 10.3. The summed E-state index contributed by atoms with van der Waals surface area (Å²) in [6.07, 6.45) is 0. The molecule has 144 valence electrons. The van der Waals surface area contributed by atoms with E-state index in [1.807, 2.05) is 19.5 Å². The Morgan fingerprint density at radius 1 is 0.958 bits per heavy atom. The summed E-state index contributed by atoms with van der Waals surface area (Å²) < 4.78 is 0. The van der Waals surface area contributed by atoms with E-state index < -0.39 is 17.2 Å². The summed E-state index contributed by atoms with van der Waals surface area (Å²) in [7, 11) is -3.39. The van der Waals surface area contributed by atoms with Crippen LogP contribution in [-0.4, -0.2) is 38.8 Å². The van der Waals surface area contributed by atoms with Crippen molar-refractivity contribution in [2.45, 2.75) is 90.1 Å². The van der Waals surface area contributed by atoms with Crippen LogP contribution >= 0.6 is 0 Å². The zero-order valence-corrected chi connectivity index (χ0v) is 19.7. The van der Waals surface area contributed by atoms with Crippen molar-refractivity contribution < 1.29 is 0 Å². The summed E-state index contributed by atoms with van der Waals surface area (Å²) in [6, 6.07) is 0. The van der Waals surface area contributed by atoms with Crippen LogP contribution in [0.5, 0.6) is 0 Å². The number of hydrogen-bond acceptors (Lipinski definition) is 6. The Hall–Kier alpha value is -0.0662. The van der Waals surface area contributed by atoms with Gasteiger partial charge < -0.3 is 21.4 Å². The van der Waals surface area contributed by atoms with E-state index in [1.165, 1.54) is 0 Å². The van der Waals surface area contributed by atoms with Gasteiger partial charge in [0, 0.05) is 10.3 Å². The largest absolute Gasteiger partial charge is 0.326 e. The molecule has 2 atom stereocenters. The van der Waals surface area contributed by atoms with E-state index in [9.17, 15) is 0 Å². The molecule has 0 aromatic rings. The summed E-state index contributed by atoms with van der Waals surface area (Å²) in [5.74, 6) is 0. The van der Waals surface area contributed by atoms with Gasteiger partial charge in [-0.05, 0) is 55.4 Å². The van der Waals surface area contributed by atoms with Crippen molar-refractivity contribution >= 4 is 17.2 Å². The van der Waals surface area contributed by atoms with E-state index in [4.69, 9.17) is 11.5 Å². The molecule has 0 aliphatic carbocycles. The highest BCUT2D eigenvalue weighted by Gasteiger charge is 2.42. The molecule has 0 aliphatic heterocycles. The SMILES string of the molecule is C=C[Si](C)(NC(C)(C)NNC(C)(C)[SiH](C)NC(C)(C)N)C(C)(C)N. The van der Waals surface area contributed by atoms with Gasteiger partial charge in [0.2, 0.25) is 0 Å². The first-order chi connectivity index (χ1) is 10.4. The standard InChI is InChI=1S/C16H42N6Si2/c1-12-24(11,14(4,5)18)22-15(6,7)19-20-16(8,9)23(10)21-13(2,3)17/h12,19-23H,1,17-18H2,2-11H3. The monoisotopic (exact) mass is 374 g/mol. The molecule has 24 heavy (non-hydrogen) atoms. The first kappa shape index (κ1) is 23.9. The summed E-state index contributed by atoms with van der Waals surface area (Å²) >= 11 is 0. The highest BCUT2D eigenvalue weighted by molar-refractivity contribution is 6.83. The van der Waals surface area contributed by atoms with Crippen molar-refractivity contribution in [1.29, 1.82) is 0 Å². The van der Waals surface area contributed by atoms with Crippen LogP contribution in [0.3, 0.4) is 0 Å². The Bertz CT molecular complexity index is 425. The van der Waals surface area contributed by atoms with Crippen molar-refractivity contribution in [1.82, 2.24) is 20.8 Å². The average Bonchev–Trinajstić information content (AvgIpc) is 2.32. The minimum atomic E-state index is -2.06. The number of nitrogens with one attached hydrogen (secondary N) is 4. The molecule has 0 saturated heterocycles. The molecule has 0 aromatic heterocycles. The molecule has 0 radical (unpaired) electrons. The van der Waals surface area contributed by atoms with E-state index in [2.05, 4.69) is 82.0 Å². The lowest BCUT2D eigenvalue weighted by molar-refractivity contribution is 0.267. The van der Waals surface area contributed by atoms with Gasteiger partial charge in [-0.3, -0.25) is 5.43 Å². The predicted octanol–water partition coefficient (Wildman–Crippen LogP) is 0.939. The highest BCUT2D eigenvalue weighted by atomic mass is 28.3. The predicted molar refractivity (Wildman–Crippen MR) is 112 cm³/mol. The van der Waals surface area contributed by atoms with E-state index in [0.29, 0.717) is 0 Å². The molecule has 0 aromatic carbocycles. The second-order valence-corrected chi connectivity index (χ2v) is 17.0. The van der Waals surface area contributed by atoms with E-state index in [1.54, 1.807) is 0 Å². The molecule has 0 saturated carbocycles. The maximum Gasteiger partial charge on any atom is 0.167 e. The molecule has 8 heteroatoms. The third-order valence-electron chi connectivity index (χ3n) is 4.69. The summed E-state index contributed by atoms with van der Waals surface area (Å²) in [6.45, 7) is 25.2. The lowest BCUT2D eigenvalue weighted by Gasteiger charge is -2.46. The molecular weight excluding hydrogens is 332 g/mol. The van der Waals surface area contributed by atoms with Crippen molar-refractivity contribution in [3.63, 3.8) is 0 Å². The fraction of sp³-hybridized carbons (Fsp3) is 0.875. The summed E-state index contributed by atoms with van der Waals surface area (Å²) in [5.41, 5.74) is 20.8. The van der Waals surface area contributed by atoms with Gasteiger partial charge in [-0.1, -0.05) is 18.8 Å². The van der Waals surface area contributed by atoms with Gasteiger partial charge in [-0.2, -0.15) is 0 Å². The average molecular weight is 375 g/mol. The molecule has 8 N–H and O–H groups in total. The molecule has 0 aliphatic rings. The third-order valence-corrected chi connectivity index (χ3v) is 12.8. The molecule has 0 amide bonds.